The van der Waals surface area contributed by atoms with Gasteiger partial charge in [0, 0.05) is 13.1 Å². The zero-order valence-electron chi connectivity index (χ0n) is 12.4. The van der Waals surface area contributed by atoms with E-state index in [1.807, 2.05) is 20.8 Å². The van der Waals surface area contributed by atoms with E-state index < -0.39 is 12.1 Å². The number of likely N-dealkylation sites (tertiary alicyclic amines) is 1. The van der Waals surface area contributed by atoms with Crippen LogP contribution in [0.1, 0.15) is 20.8 Å². The van der Waals surface area contributed by atoms with E-state index in [1.165, 1.54) is 0 Å². The second-order valence-electron chi connectivity index (χ2n) is 6.23. The minimum absolute atomic E-state index is 0.00865. The number of hydrogen-bond acceptors (Lipinski definition) is 3. The van der Waals surface area contributed by atoms with Crippen LogP contribution in [0.3, 0.4) is 0 Å². The van der Waals surface area contributed by atoms with Gasteiger partial charge in [-0.3, -0.25) is 4.90 Å². The summed E-state index contributed by atoms with van der Waals surface area (Å²) in [4.78, 5) is 1.62. The summed E-state index contributed by atoms with van der Waals surface area (Å²) in [6, 6.07) is 7.08. The predicted molar refractivity (Wildman–Crippen MR) is 73.4 cm³/mol. The minimum atomic E-state index is -4.09. The van der Waals surface area contributed by atoms with Crippen LogP contribution in [0.2, 0.25) is 0 Å². The molecule has 0 radical (unpaired) electrons. The molecule has 0 spiro atoms. The van der Waals surface area contributed by atoms with Gasteiger partial charge in [-0.25, -0.2) is 0 Å². The molecule has 2 rings (SSSR count). The molecular formula is C15H20F3NO2. The molecule has 1 fully saturated rings. The molecule has 0 N–H and O–H groups in total. The summed E-state index contributed by atoms with van der Waals surface area (Å²) in [5.41, 5.74) is -0.271. The molecule has 21 heavy (non-hydrogen) atoms. The molecule has 1 heterocycles. The molecule has 0 bridgehead atoms. The van der Waals surface area contributed by atoms with Gasteiger partial charge in [-0.2, -0.15) is 13.2 Å². The molecule has 1 aliphatic rings. The van der Waals surface area contributed by atoms with Crippen molar-refractivity contribution in [3.63, 3.8) is 0 Å². The first-order valence-electron chi connectivity index (χ1n) is 6.84. The fourth-order valence-corrected chi connectivity index (χ4v) is 2.01. The highest BCUT2D eigenvalue weighted by atomic mass is 19.4. The Bertz CT molecular complexity index is 459. The van der Waals surface area contributed by atoms with E-state index in [4.69, 9.17) is 9.47 Å². The van der Waals surface area contributed by atoms with E-state index in [1.54, 1.807) is 29.2 Å². The summed E-state index contributed by atoms with van der Waals surface area (Å²) in [7, 11) is 0. The minimum Gasteiger partial charge on any atom is -0.488 e. The van der Waals surface area contributed by atoms with Gasteiger partial charge in [-0.1, -0.05) is 0 Å². The Balaban J connectivity index is 1.75. The monoisotopic (exact) mass is 303 g/mol. The molecule has 0 unspecified atom stereocenters. The molecule has 1 aliphatic heterocycles. The highest BCUT2D eigenvalue weighted by molar-refractivity contribution is 5.31. The number of ether oxygens (including phenoxy) is 2. The smallest absolute Gasteiger partial charge is 0.394 e. The lowest BCUT2D eigenvalue weighted by atomic mass is 10.0. The number of alkyl halides is 3. The van der Waals surface area contributed by atoms with Crippen molar-refractivity contribution in [1.82, 2.24) is 4.90 Å². The lowest BCUT2D eigenvalue weighted by Gasteiger charge is -2.39. The van der Waals surface area contributed by atoms with Gasteiger partial charge in [-0.05, 0) is 45.0 Å². The number of benzene rings is 1. The molecule has 0 saturated carbocycles. The van der Waals surface area contributed by atoms with Crippen molar-refractivity contribution in [1.29, 1.82) is 0 Å². The third-order valence-electron chi connectivity index (χ3n) is 3.08. The van der Waals surface area contributed by atoms with Crippen molar-refractivity contribution in [3.05, 3.63) is 24.3 Å². The van der Waals surface area contributed by atoms with Gasteiger partial charge >= 0.3 is 6.18 Å². The zero-order chi connectivity index (χ0) is 15.7. The van der Waals surface area contributed by atoms with E-state index in [0.29, 0.717) is 5.75 Å². The normalized spacial score (nSPS) is 17.4. The first-order chi connectivity index (χ1) is 9.63. The van der Waals surface area contributed by atoms with E-state index in [-0.39, 0.29) is 25.4 Å². The molecule has 1 aromatic carbocycles. The van der Waals surface area contributed by atoms with Crippen LogP contribution in [0.4, 0.5) is 13.2 Å². The SMILES string of the molecule is CC(C)(C)Oc1ccc(OCN2CC(C(F)(F)F)C2)cc1. The van der Waals surface area contributed by atoms with Crippen molar-refractivity contribution < 1.29 is 22.6 Å². The molecule has 1 aromatic rings. The van der Waals surface area contributed by atoms with Crippen LogP contribution < -0.4 is 9.47 Å². The van der Waals surface area contributed by atoms with E-state index in [9.17, 15) is 13.2 Å². The average molecular weight is 303 g/mol. The van der Waals surface area contributed by atoms with Crippen molar-refractivity contribution in [2.75, 3.05) is 19.8 Å². The lowest BCUT2D eigenvalue weighted by Crippen LogP contribution is -2.54. The Morgan fingerprint density at radius 1 is 1.05 bits per heavy atom. The van der Waals surface area contributed by atoms with Crippen LogP contribution in [0.5, 0.6) is 11.5 Å². The summed E-state index contributed by atoms with van der Waals surface area (Å²) in [5, 5.41) is 0. The van der Waals surface area contributed by atoms with Gasteiger partial charge in [0.1, 0.15) is 23.8 Å². The van der Waals surface area contributed by atoms with E-state index >= 15 is 0 Å². The Morgan fingerprint density at radius 3 is 2.05 bits per heavy atom. The fraction of sp³-hybridized carbons (Fsp3) is 0.600. The van der Waals surface area contributed by atoms with Crippen LogP contribution in [0.15, 0.2) is 24.3 Å². The quantitative estimate of drug-likeness (QED) is 0.846. The summed E-state index contributed by atoms with van der Waals surface area (Å²) >= 11 is 0. The molecule has 118 valence electrons. The molecule has 0 aliphatic carbocycles. The molecule has 0 amide bonds. The van der Waals surface area contributed by atoms with E-state index in [0.717, 1.165) is 5.75 Å². The third kappa shape index (κ3) is 4.81. The summed E-state index contributed by atoms with van der Waals surface area (Å²) in [5.74, 6) is 0.131. The van der Waals surface area contributed by atoms with Crippen molar-refractivity contribution in [3.8, 4) is 11.5 Å². The summed E-state index contributed by atoms with van der Waals surface area (Å²) in [6.07, 6.45) is -4.09. The second kappa shape index (κ2) is 5.75. The van der Waals surface area contributed by atoms with Crippen LogP contribution in [0, 0.1) is 5.92 Å². The molecule has 6 heteroatoms. The number of hydrogen-bond donors (Lipinski definition) is 0. The standard InChI is InChI=1S/C15H20F3NO2/c1-14(2,3)21-13-6-4-12(5-7-13)20-10-19-8-11(9-19)15(16,17)18/h4-7,11H,8-10H2,1-3H3. The Hall–Kier alpha value is -1.43. The van der Waals surface area contributed by atoms with Crippen molar-refractivity contribution in [2.24, 2.45) is 5.92 Å². The van der Waals surface area contributed by atoms with Crippen molar-refractivity contribution in [2.45, 2.75) is 32.5 Å². The maximum atomic E-state index is 12.3. The highest BCUT2D eigenvalue weighted by Crippen LogP contribution is 2.33. The van der Waals surface area contributed by atoms with Gasteiger partial charge < -0.3 is 9.47 Å². The summed E-state index contributed by atoms with van der Waals surface area (Å²) in [6.45, 7) is 6.06. The number of halogens is 3. The molecule has 3 nitrogen and oxygen atoms in total. The Morgan fingerprint density at radius 2 is 1.57 bits per heavy atom. The zero-order valence-corrected chi connectivity index (χ0v) is 12.4. The first-order valence-corrected chi connectivity index (χ1v) is 6.84. The van der Waals surface area contributed by atoms with Gasteiger partial charge in [0.2, 0.25) is 0 Å². The molecule has 0 aromatic heterocycles. The predicted octanol–water partition coefficient (Wildman–Crippen LogP) is 3.69. The van der Waals surface area contributed by atoms with Gasteiger partial charge in [0.15, 0.2) is 0 Å². The Kier molecular flexibility index (Phi) is 4.37. The summed E-state index contributed by atoms with van der Waals surface area (Å²) < 4.78 is 48.1. The maximum Gasteiger partial charge on any atom is 0.394 e. The van der Waals surface area contributed by atoms with Crippen LogP contribution in [-0.4, -0.2) is 36.5 Å². The second-order valence-corrected chi connectivity index (χ2v) is 6.23. The topological polar surface area (TPSA) is 21.7 Å². The molecule has 1 saturated heterocycles. The average Bonchev–Trinajstić information content (AvgIpc) is 2.25. The van der Waals surface area contributed by atoms with Crippen LogP contribution in [-0.2, 0) is 0 Å². The Labute approximate surface area is 122 Å². The fourth-order valence-electron chi connectivity index (χ4n) is 2.01. The molecular weight excluding hydrogens is 283 g/mol. The lowest BCUT2D eigenvalue weighted by molar-refractivity contribution is -0.214. The number of nitrogens with zero attached hydrogens (tertiary/aromatic N) is 1. The largest absolute Gasteiger partial charge is 0.488 e. The maximum absolute atomic E-state index is 12.3. The third-order valence-corrected chi connectivity index (χ3v) is 3.08. The molecule has 0 atom stereocenters. The van der Waals surface area contributed by atoms with Crippen LogP contribution >= 0.6 is 0 Å². The number of rotatable bonds is 4. The first kappa shape index (κ1) is 15.9. The van der Waals surface area contributed by atoms with E-state index in [2.05, 4.69) is 0 Å². The van der Waals surface area contributed by atoms with Crippen molar-refractivity contribution >= 4 is 0 Å². The highest BCUT2D eigenvalue weighted by Gasteiger charge is 2.47. The van der Waals surface area contributed by atoms with Crippen LogP contribution in [0.25, 0.3) is 0 Å². The van der Waals surface area contributed by atoms with Gasteiger partial charge in [-0.15, -0.1) is 0 Å². The van der Waals surface area contributed by atoms with Gasteiger partial charge in [0.25, 0.3) is 0 Å². The van der Waals surface area contributed by atoms with Gasteiger partial charge in [0.05, 0.1) is 5.92 Å².